The van der Waals surface area contributed by atoms with Crippen LogP contribution in [0.25, 0.3) is 10.9 Å². The summed E-state index contributed by atoms with van der Waals surface area (Å²) in [6.45, 7) is 0. The van der Waals surface area contributed by atoms with Crippen molar-refractivity contribution in [2.45, 2.75) is 18.6 Å². The molecule has 0 bridgehead atoms. The molecule has 0 amide bonds. The summed E-state index contributed by atoms with van der Waals surface area (Å²) in [5, 5.41) is 20.5. The second-order valence-corrected chi connectivity index (χ2v) is 4.87. The second-order valence-electron chi connectivity index (χ2n) is 4.49. The first kappa shape index (κ1) is 14.8. The van der Waals surface area contributed by atoms with Crippen molar-refractivity contribution in [3.8, 4) is 0 Å². The number of halogens is 1. The summed E-state index contributed by atoms with van der Waals surface area (Å²) in [4.78, 5) is 14.6. The van der Waals surface area contributed by atoms with E-state index in [-0.39, 0.29) is 12.3 Å². The van der Waals surface area contributed by atoms with Crippen molar-refractivity contribution in [2.75, 3.05) is 13.0 Å². The van der Waals surface area contributed by atoms with E-state index in [4.69, 9.17) is 16.3 Å². The zero-order valence-corrected chi connectivity index (χ0v) is 11.7. The highest BCUT2D eigenvalue weighted by molar-refractivity contribution is 6.17. The first-order valence-electron chi connectivity index (χ1n) is 6.20. The van der Waals surface area contributed by atoms with Crippen LogP contribution in [0.3, 0.4) is 0 Å². The lowest BCUT2D eigenvalue weighted by Crippen LogP contribution is -2.18. The average Bonchev–Trinajstić information content (AvgIpc) is 2.88. The maximum atomic E-state index is 11.6. The number of aromatic nitrogens is 1. The van der Waals surface area contributed by atoms with Crippen LogP contribution in [0.1, 0.15) is 28.4 Å². The molecule has 2 rings (SSSR count). The Bertz CT molecular complexity index is 610. The van der Waals surface area contributed by atoms with Crippen molar-refractivity contribution < 1.29 is 19.7 Å². The monoisotopic (exact) mass is 297 g/mol. The molecule has 0 fully saturated rings. The molecular formula is C14H16ClNO4. The second kappa shape index (κ2) is 6.26. The molecule has 2 aromatic rings. The number of ether oxygens (including phenoxy) is 1. The van der Waals surface area contributed by atoms with Crippen LogP contribution in [-0.4, -0.2) is 40.3 Å². The number of hydrogen-bond acceptors (Lipinski definition) is 4. The number of aliphatic hydroxyl groups excluding tert-OH is 2. The molecule has 1 aromatic heterocycles. The van der Waals surface area contributed by atoms with E-state index in [2.05, 4.69) is 4.98 Å². The lowest BCUT2D eigenvalue weighted by atomic mass is 10.0. The SMILES string of the molecule is COC(=O)c1c[nH]c2ccc(C(O)C(O)CCCl)cc12. The third kappa shape index (κ3) is 2.80. The molecule has 0 aliphatic carbocycles. The summed E-state index contributed by atoms with van der Waals surface area (Å²) in [5.74, 6) is -0.193. The predicted molar refractivity (Wildman–Crippen MR) is 75.9 cm³/mol. The Labute approximate surface area is 121 Å². The number of hydrogen-bond donors (Lipinski definition) is 3. The molecule has 0 saturated heterocycles. The number of methoxy groups -OCH3 is 1. The van der Waals surface area contributed by atoms with Crippen molar-refractivity contribution in [1.29, 1.82) is 0 Å². The summed E-state index contributed by atoms with van der Waals surface area (Å²) < 4.78 is 4.70. The normalized spacial score (nSPS) is 14.2. The van der Waals surface area contributed by atoms with Crippen LogP contribution in [0.5, 0.6) is 0 Å². The molecule has 0 saturated carbocycles. The molecule has 2 unspecified atom stereocenters. The van der Waals surface area contributed by atoms with E-state index in [1.807, 2.05) is 0 Å². The number of H-pyrrole nitrogens is 1. The van der Waals surface area contributed by atoms with Crippen LogP contribution >= 0.6 is 11.6 Å². The molecule has 1 aromatic carbocycles. The molecule has 6 heteroatoms. The van der Waals surface area contributed by atoms with Gasteiger partial charge in [-0.2, -0.15) is 0 Å². The number of alkyl halides is 1. The molecule has 1 heterocycles. The number of nitrogens with one attached hydrogen (secondary N) is 1. The van der Waals surface area contributed by atoms with Gasteiger partial charge < -0.3 is 19.9 Å². The summed E-state index contributed by atoms with van der Waals surface area (Å²) in [7, 11) is 1.31. The number of aliphatic hydroxyl groups is 2. The third-order valence-electron chi connectivity index (χ3n) is 3.22. The highest BCUT2D eigenvalue weighted by Gasteiger charge is 2.20. The van der Waals surface area contributed by atoms with Crippen molar-refractivity contribution in [1.82, 2.24) is 4.98 Å². The van der Waals surface area contributed by atoms with Gasteiger partial charge in [-0.3, -0.25) is 0 Å². The number of carbonyl (C=O) groups excluding carboxylic acids is 1. The fourth-order valence-corrected chi connectivity index (χ4v) is 2.32. The Morgan fingerprint density at radius 1 is 1.45 bits per heavy atom. The smallest absolute Gasteiger partial charge is 0.340 e. The Morgan fingerprint density at radius 2 is 2.20 bits per heavy atom. The summed E-state index contributed by atoms with van der Waals surface area (Å²) in [5.41, 5.74) is 1.68. The minimum Gasteiger partial charge on any atom is -0.465 e. The first-order valence-corrected chi connectivity index (χ1v) is 6.73. The van der Waals surface area contributed by atoms with Gasteiger partial charge in [0.1, 0.15) is 6.10 Å². The number of benzene rings is 1. The molecular weight excluding hydrogens is 282 g/mol. The van der Waals surface area contributed by atoms with Crippen molar-refractivity contribution in [2.24, 2.45) is 0 Å². The van der Waals surface area contributed by atoms with Crippen LogP contribution in [-0.2, 0) is 4.74 Å². The van der Waals surface area contributed by atoms with Crippen molar-refractivity contribution in [3.05, 3.63) is 35.5 Å². The zero-order valence-electron chi connectivity index (χ0n) is 11.0. The molecule has 0 aliphatic heterocycles. The van der Waals surface area contributed by atoms with Crippen LogP contribution in [0.2, 0.25) is 0 Å². The molecule has 0 spiro atoms. The number of aromatic amines is 1. The average molecular weight is 298 g/mol. The van der Waals surface area contributed by atoms with Crippen LogP contribution in [0, 0.1) is 0 Å². The molecule has 0 radical (unpaired) electrons. The number of rotatable bonds is 5. The van der Waals surface area contributed by atoms with E-state index in [0.29, 0.717) is 16.5 Å². The zero-order chi connectivity index (χ0) is 14.7. The standard InChI is InChI=1S/C14H16ClNO4/c1-20-14(19)10-7-16-11-3-2-8(6-9(10)11)13(18)12(17)4-5-15/h2-3,6-7,12-13,16-18H,4-5H2,1H3. The molecule has 20 heavy (non-hydrogen) atoms. The minimum absolute atomic E-state index is 0.262. The number of fused-ring (bicyclic) bond motifs is 1. The fourth-order valence-electron chi connectivity index (χ4n) is 2.09. The Balaban J connectivity index is 2.39. The van der Waals surface area contributed by atoms with E-state index in [1.54, 1.807) is 24.4 Å². The topological polar surface area (TPSA) is 82.6 Å². The lowest BCUT2D eigenvalue weighted by Gasteiger charge is -2.17. The summed E-state index contributed by atoms with van der Waals surface area (Å²) in [6, 6.07) is 5.11. The van der Waals surface area contributed by atoms with Gasteiger partial charge in [0.05, 0.1) is 18.8 Å². The Morgan fingerprint density at radius 3 is 2.85 bits per heavy atom. The molecule has 2 atom stereocenters. The van der Waals surface area contributed by atoms with E-state index in [0.717, 1.165) is 5.52 Å². The maximum absolute atomic E-state index is 11.6. The number of carbonyl (C=O) groups is 1. The fraction of sp³-hybridized carbons (Fsp3) is 0.357. The van der Waals surface area contributed by atoms with E-state index in [9.17, 15) is 15.0 Å². The number of esters is 1. The van der Waals surface area contributed by atoms with E-state index < -0.39 is 18.2 Å². The first-order chi connectivity index (χ1) is 9.58. The summed E-state index contributed by atoms with van der Waals surface area (Å²) >= 11 is 5.55. The van der Waals surface area contributed by atoms with Gasteiger partial charge in [0.2, 0.25) is 0 Å². The highest BCUT2D eigenvalue weighted by Crippen LogP contribution is 2.26. The predicted octanol–water partition coefficient (Wildman–Crippen LogP) is 1.98. The van der Waals surface area contributed by atoms with Crippen LogP contribution in [0.15, 0.2) is 24.4 Å². The molecule has 3 N–H and O–H groups in total. The van der Waals surface area contributed by atoms with Crippen molar-refractivity contribution in [3.63, 3.8) is 0 Å². The van der Waals surface area contributed by atoms with Crippen molar-refractivity contribution >= 4 is 28.5 Å². The van der Waals surface area contributed by atoms with Crippen LogP contribution < -0.4 is 0 Å². The van der Waals surface area contributed by atoms with Gasteiger partial charge in [-0.15, -0.1) is 11.6 Å². The van der Waals surface area contributed by atoms with Crippen LogP contribution in [0.4, 0.5) is 0 Å². The maximum Gasteiger partial charge on any atom is 0.340 e. The summed E-state index contributed by atoms with van der Waals surface area (Å²) in [6.07, 6.45) is -0.136. The van der Waals surface area contributed by atoms with Gasteiger partial charge in [-0.1, -0.05) is 6.07 Å². The molecule has 5 nitrogen and oxygen atoms in total. The van der Waals surface area contributed by atoms with Gasteiger partial charge in [0, 0.05) is 23.0 Å². The highest BCUT2D eigenvalue weighted by atomic mass is 35.5. The molecule has 108 valence electrons. The Hall–Kier alpha value is -1.56. The van der Waals surface area contributed by atoms with Gasteiger partial charge in [-0.05, 0) is 24.1 Å². The largest absolute Gasteiger partial charge is 0.465 e. The lowest BCUT2D eigenvalue weighted by molar-refractivity contribution is 0.0171. The molecule has 0 aliphatic rings. The van der Waals surface area contributed by atoms with Gasteiger partial charge in [-0.25, -0.2) is 4.79 Å². The van der Waals surface area contributed by atoms with E-state index in [1.165, 1.54) is 7.11 Å². The quantitative estimate of drug-likeness (QED) is 0.582. The minimum atomic E-state index is -1.04. The van der Waals surface area contributed by atoms with Gasteiger partial charge in [0.25, 0.3) is 0 Å². The Kier molecular flexibility index (Phi) is 4.65. The van der Waals surface area contributed by atoms with E-state index >= 15 is 0 Å². The van der Waals surface area contributed by atoms with Gasteiger partial charge >= 0.3 is 5.97 Å². The third-order valence-corrected chi connectivity index (χ3v) is 3.44. The van der Waals surface area contributed by atoms with Gasteiger partial charge in [0.15, 0.2) is 0 Å².